The lowest BCUT2D eigenvalue weighted by Crippen LogP contribution is -2.51. The maximum Gasteiger partial charge on any atom is 0.293 e. The number of hydrogen-bond acceptors (Lipinski definition) is 5. The Labute approximate surface area is 163 Å². The number of benzene rings is 1. The molecule has 1 aliphatic rings. The summed E-state index contributed by atoms with van der Waals surface area (Å²) in [4.78, 5) is 32.6. The number of halogens is 1. The lowest BCUT2D eigenvalue weighted by molar-refractivity contribution is -0.122. The summed E-state index contributed by atoms with van der Waals surface area (Å²) in [6.45, 7) is 7.08. The number of amides is 2. The van der Waals surface area contributed by atoms with E-state index < -0.39 is 0 Å². The van der Waals surface area contributed by atoms with E-state index in [2.05, 4.69) is 15.4 Å². The second kappa shape index (κ2) is 8.92. The monoisotopic (exact) mass is 388 g/mol. The number of nitrogens with zero attached hydrogens (tertiary/aromatic N) is 5. The molecule has 2 amide bonds. The molecule has 2 aromatic rings. The molecule has 0 radical (unpaired) electrons. The van der Waals surface area contributed by atoms with Crippen molar-refractivity contribution in [2.24, 2.45) is 0 Å². The van der Waals surface area contributed by atoms with Gasteiger partial charge in [-0.05, 0) is 37.6 Å². The van der Waals surface area contributed by atoms with Gasteiger partial charge in [-0.25, -0.2) is 14.1 Å². The molecule has 0 saturated carbocycles. The molecular formula is C19H25FN6O2. The first-order valence-electron chi connectivity index (χ1n) is 9.46. The van der Waals surface area contributed by atoms with Crippen molar-refractivity contribution in [3.05, 3.63) is 41.7 Å². The minimum Gasteiger partial charge on any atom is -0.355 e. The highest BCUT2D eigenvalue weighted by Gasteiger charge is 2.26. The van der Waals surface area contributed by atoms with Crippen molar-refractivity contribution in [2.75, 3.05) is 39.3 Å². The fourth-order valence-corrected chi connectivity index (χ4v) is 3.08. The van der Waals surface area contributed by atoms with Gasteiger partial charge in [0.15, 0.2) is 0 Å². The molecule has 1 aliphatic heterocycles. The maximum atomic E-state index is 13.1. The SMILES string of the molecule is CCCNC(=O)CN1CCN(C(=O)c2nc(C)n(-c3ccc(F)cc3)n2)CC1. The Morgan fingerprint density at radius 2 is 1.82 bits per heavy atom. The van der Waals surface area contributed by atoms with E-state index >= 15 is 0 Å². The molecule has 1 fully saturated rings. The largest absolute Gasteiger partial charge is 0.355 e. The van der Waals surface area contributed by atoms with Crippen LogP contribution < -0.4 is 5.32 Å². The van der Waals surface area contributed by atoms with E-state index in [4.69, 9.17) is 0 Å². The third-order valence-electron chi connectivity index (χ3n) is 4.63. The van der Waals surface area contributed by atoms with Gasteiger partial charge < -0.3 is 10.2 Å². The van der Waals surface area contributed by atoms with Crippen molar-refractivity contribution < 1.29 is 14.0 Å². The smallest absolute Gasteiger partial charge is 0.293 e. The summed E-state index contributed by atoms with van der Waals surface area (Å²) in [6.07, 6.45) is 0.908. The molecule has 28 heavy (non-hydrogen) atoms. The van der Waals surface area contributed by atoms with Crippen LogP contribution in [0.25, 0.3) is 5.69 Å². The number of piperazine rings is 1. The minimum absolute atomic E-state index is 0.0111. The Hall–Kier alpha value is -2.81. The molecule has 1 aromatic carbocycles. The molecule has 1 saturated heterocycles. The molecule has 150 valence electrons. The van der Waals surface area contributed by atoms with Crippen LogP contribution in [0, 0.1) is 12.7 Å². The molecule has 0 aliphatic carbocycles. The summed E-state index contributed by atoms with van der Waals surface area (Å²) in [5, 5.41) is 7.16. The summed E-state index contributed by atoms with van der Waals surface area (Å²) >= 11 is 0. The Morgan fingerprint density at radius 3 is 2.46 bits per heavy atom. The molecule has 0 unspecified atom stereocenters. The summed E-state index contributed by atoms with van der Waals surface area (Å²) in [5.74, 6) is 0.118. The van der Waals surface area contributed by atoms with Gasteiger partial charge in [0.25, 0.3) is 5.91 Å². The van der Waals surface area contributed by atoms with E-state index in [1.54, 1.807) is 24.0 Å². The molecular weight excluding hydrogens is 363 g/mol. The van der Waals surface area contributed by atoms with Crippen LogP contribution in [0.15, 0.2) is 24.3 Å². The van der Waals surface area contributed by atoms with Gasteiger partial charge in [0.1, 0.15) is 11.6 Å². The lowest BCUT2D eigenvalue weighted by Gasteiger charge is -2.33. The van der Waals surface area contributed by atoms with Gasteiger partial charge in [-0.2, -0.15) is 0 Å². The van der Waals surface area contributed by atoms with E-state index in [0.29, 0.717) is 50.8 Å². The van der Waals surface area contributed by atoms with Gasteiger partial charge in [0.2, 0.25) is 11.7 Å². The van der Waals surface area contributed by atoms with Gasteiger partial charge >= 0.3 is 0 Å². The third kappa shape index (κ3) is 4.72. The number of carbonyl (C=O) groups is 2. The molecule has 0 spiro atoms. The van der Waals surface area contributed by atoms with Crippen LogP contribution in [0.2, 0.25) is 0 Å². The number of rotatable bonds is 6. The second-order valence-corrected chi connectivity index (χ2v) is 6.79. The highest BCUT2D eigenvalue weighted by atomic mass is 19.1. The van der Waals surface area contributed by atoms with Crippen LogP contribution >= 0.6 is 0 Å². The molecule has 0 bridgehead atoms. The first-order valence-corrected chi connectivity index (χ1v) is 9.46. The quantitative estimate of drug-likeness (QED) is 0.798. The predicted octanol–water partition coefficient (Wildman–Crippen LogP) is 0.999. The predicted molar refractivity (Wildman–Crippen MR) is 102 cm³/mol. The van der Waals surface area contributed by atoms with Crippen LogP contribution in [0.1, 0.15) is 29.8 Å². The molecule has 0 atom stereocenters. The van der Waals surface area contributed by atoms with Gasteiger partial charge in [0, 0.05) is 32.7 Å². The molecule has 2 heterocycles. The Kier molecular flexibility index (Phi) is 6.35. The zero-order valence-corrected chi connectivity index (χ0v) is 16.2. The van der Waals surface area contributed by atoms with E-state index in [-0.39, 0.29) is 23.5 Å². The normalized spacial score (nSPS) is 14.9. The molecule has 1 aromatic heterocycles. The van der Waals surface area contributed by atoms with E-state index in [1.807, 2.05) is 11.8 Å². The highest BCUT2D eigenvalue weighted by molar-refractivity contribution is 5.90. The number of aryl methyl sites for hydroxylation is 1. The topological polar surface area (TPSA) is 83.4 Å². The van der Waals surface area contributed by atoms with Crippen molar-refractivity contribution in [1.29, 1.82) is 0 Å². The number of nitrogens with one attached hydrogen (secondary N) is 1. The van der Waals surface area contributed by atoms with E-state index in [9.17, 15) is 14.0 Å². The zero-order chi connectivity index (χ0) is 20.1. The van der Waals surface area contributed by atoms with Crippen molar-refractivity contribution >= 4 is 11.8 Å². The lowest BCUT2D eigenvalue weighted by atomic mass is 10.3. The zero-order valence-electron chi connectivity index (χ0n) is 16.2. The van der Waals surface area contributed by atoms with Crippen LogP contribution in [-0.4, -0.2) is 75.6 Å². The Balaban J connectivity index is 1.59. The van der Waals surface area contributed by atoms with E-state index in [0.717, 1.165) is 6.42 Å². The second-order valence-electron chi connectivity index (χ2n) is 6.79. The molecule has 3 rings (SSSR count). The minimum atomic E-state index is -0.334. The van der Waals surface area contributed by atoms with Crippen molar-refractivity contribution in [1.82, 2.24) is 29.9 Å². The van der Waals surface area contributed by atoms with E-state index in [1.165, 1.54) is 16.8 Å². The summed E-state index contributed by atoms with van der Waals surface area (Å²) in [5.41, 5.74) is 0.647. The average molecular weight is 388 g/mol. The number of hydrogen-bond donors (Lipinski definition) is 1. The van der Waals surface area contributed by atoms with Gasteiger partial charge in [-0.1, -0.05) is 6.92 Å². The summed E-state index contributed by atoms with van der Waals surface area (Å²) < 4.78 is 14.6. The summed E-state index contributed by atoms with van der Waals surface area (Å²) in [6, 6.07) is 5.86. The van der Waals surface area contributed by atoms with Gasteiger partial charge in [0.05, 0.1) is 12.2 Å². The average Bonchev–Trinajstić information content (AvgIpc) is 3.08. The third-order valence-corrected chi connectivity index (χ3v) is 4.63. The highest BCUT2D eigenvalue weighted by Crippen LogP contribution is 2.12. The van der Waals surface area contributed by atoms with Crippen LogP contribution in [0.3, 0.4) is 0 Å². The van der Waals surface area contributed by atoms with Crippen LogP contribution in [-0.2, 0) is 4.79 Å². The van der Waals surface area contributed by atoms with Crippen molar-refractivity contribution in [2.45, 2.75) is 20.3 Å². The first-order chi connectivity index (χ1) is 13.5. The van der Waals surface area contributed by atoms with Gasteiger partial charge in [-0.15, -0.1) is 5.10 Å². The van der Waals surface area contributed by atoms with Crippen LogP contribution in [0.5, 0.6) is 0 Å². The van der Waals surface area contributed by atoms with Crippen LogP contribution in [0.4, 0.5) is 4.39 Å². The number of carbonyl (C=O) groups excluding carboxylic acids is 2. The Morgan fingerprint density at radius 1 is 1.14 bits per heavy atom. The molecule has 8 nitrogen and oxygen atoms in total. The standard InChI is InChI=1S/C19H25FN6O2/c1-3-8-21-17(27)13-24-9-11-25(12-10-24)19(28)18-22-14(2)26(23-18)16-6-4-15(20)5-7-16/h4-7H,3,8-13H2,1-2H3,(H,21,27). The maximum absolute atomic E-state index is 13.1. The van der Waals surface area contributed by atoms with Crippen molar-refractivity contribution in [3.63, 3.8) is 0 Å². The molecule has 1 N–H and O–H groups in total. The fourth-order valence-electron chi connectivity index (χ4n) is 3.08. The van der Waals surface area contributed by atoms with Crippen molar-refractivity contribution in [3.8, 4) is 5.69 Å². The fraction of sp³-hybridized carbons (Fsp3) is 0.474. The first kappa shape index (κ1) is 19.9. The summed E-state index contributed by atoms with van der Waals surface area (Å²) in [7, 11) is 0. The Bertz CT molecular complexity index is 827. The molecule has 9 heteroatoms. The van der Waals surface area contributed by atoms with Gasteiger partial charge in [-0.3, -0.25) is 14.5 Å². The number of aromatic nitrogens is 3.